The number of carbonyl (C=O) groups excluding carboxylic acids is 2. The molecule has 0 radical (unpaired) electrons. The zero-order valence-electron chi connectivity index (χ0n) is 15.4. The van der Waals surface area contributed by atoms with Gasteiger partial charge in [-0.05, 0) is 43.7 Å². The topological polar surface area (TPSA) is 67.2 Å². The van der Waals surface area contributed by atoms with Gasteiger partial charge in [0.15, 0.2) is 0 Å². The molecule has 0 saturated carbocycles. The number of aryl methyl sites for hydroxylation is 2. The van der Waals surface area contributed by atoms with Crippen molar-refractivity contribution in [3.05, 3.63) is 53.3 Å². The summed E-state index contributed by atoms with van der Waals surface area (Å²) in [4.78, 5) is 26.3. The quantitative estimate of drug-likeness (QED) is 0.892. The highest BCUT2D eigenvalue weighted by molar-refractivity contribution is 5.94. The molecule has 6 heteroatoms. The van der Waals surface area contributed by atoms with Crippen LogP contribution in [0.2, 0.25) is 0 Å². The van der Waals surface area contributed by atoms with E-state index in [1.54, 1.807) is 17.8 Å². The molecule has 0 bridgehead atoms. The summed E-state index contributed by atoms with van der Waals surface area (Å²) in [5.74, 6) is 0.290. The first-order valence-electron chi connectivity index (χ1n) is 9.13. The molecule has 1 aliphatic rings. The zero-order chi connectivity index (χ0) is 18.5. The maximum absolute atomic E-state index is 12.4. The molecular weight excluding hydrogens is 328 g/mol. The SMILES string of the molecule is Cc1cc(C(=O)NCC(=O)N2CCC(Cc3ccccc3)CC2)nn1C. The molecule has 6 nitrogen and oxygen atoms in total. The normalized spacial score (nSPS) is 15.1. The molecule has 138 valence electrons. The number of hydrogen-bond acceptors (Lipinski definition) is 3. The second-order valence-electron chi connectivity index (χ2n) is 6.99. The van der Waals surface area contributed by atoms with E-state index in [0.717, 1.165) is 38.0 Å². The largest absolute Gasteiger partial charge is 0.342 e. The van der Waals surface area contributed by atoms with Gasteiger partial charge >= 0.3 is 0 Å². The number of carbonyl (C=O) groups is 2. The molecule has 2 aromatic rings. The molecule has 2 heterocycles. The summed E-state index contributed by atoms with van der Waals surface area (Å²) in [6.45, 7) is 3.43. The minimum absolute atomic E-state index is 0.0239. The third-order valence-electron chi connectivity index (χ3n) is 5.08. The molecule has 1 fully saturated rings. The van der Waals surface area contributed by atoms with Crippen LogP contribution in [0.25, 0.3) is 0 Å². The van der Waals surface area contributed by atoms with Gasteiger partial charge in [-0.1, -0.05) is 30.3 Å². The van der Waals surface area contributed by atoms with Crippen LogP contribution in [-0.2, 0) is 18.3 Å². The maximum Gasteiger partial charge on any atom is 0.272 e. The van der Waals surface area contributed by atoms with Crippen LogP contribution >= 0.6 is 0 Å². The number of rotatable bonds is 5. The van der Waals surface area contributed by atoms with Crippen LogP contribution in [0, 0.1) is 12.8 Å². The standard InChI is InChI=1S/C20H26N4O2/c1-15-12-18(22-23(15)2)20(26)21-14-19(25)24-10-8-17(9-11-24)13-16-6-4-3-5-7-16/h3-7,12,17H,8-11,13-14H2,1-2H3,(H,21,26). The van der Waals surface area contributed by atoms with Crippen molar-refractivity contribution in [2.45, 2.75) is 26.2 Å². The highest BCUT2D eigenvalue weighted by Crippen LogP contribution is 2.21. The predicted octanol–water partition coefficient (Wildman–Crippen LogP) is 1.94. The Labute approximate surface area is 154 Å². The number of benzene rings is 1. The highest BCUT2D eigenvalue weighted by Gasteiger charge is 2.23. The van der Waals surface area contributed by atoms with Gasteiger partial charge in [-0.15, -0.1) is 0 Å². The number of hydrogen-bond donors (Lipinski definition) is 1. The van der Waals surface area contributed by atoms with Gasteiger partial charge in [0.25, 0.3) is 5.91 Å². The molecule has 26 heavy (non-hydrogen) atoms. The molecule has 1 aromatic carbocycles. The molecule has 0 aliphatic carbocycles. The average molecular weight is 354 g/mol. The number of nitrogens with one attached hydrogen (secondary N) is 1. The number of amides is 2. The third-order valence-corrected chi connectivity index (χ3v) is 5.08. The van der Waals surface area contributed by atoms with E-state index in [0.29, 0.717) is 11.6 Å². The molecule has 1 aliphatic heterocycles. The maximum atomic E-state index is 12.4. The van der Waals surface area contributed by atoms with Gasteiger partial charge in [0, 0.05) is 25.8 Å². The van der Waals surface area contributed by atoms with Crippen molar-refractivity contribution in [3.63, 3.8) is 0 Å². The van der Waals surface area contributed by atoms with E-state index in [-0.39, 0.29) is 18.4 Å². The lowest BCUT2D eigenvalue weighted by atomic mass is 9.90. The number of nitrogens with zero attached hydrogens (tertiary/aromatic N) is 3. The summed E-state index contributed by atoms with van der Waals surface area (Å²) >= 11 is 0. The molecule has 0 atom stereocenters. The Morgan fingerprint density at radius 3 is 2.50 bits per heavy atom. The van der Waals surface area contributed by atoms with Gasteiger partial charge in [-0.2, -0.15) is 5.10 Å². The first kappa shape index (κ1) is 18.2. The molecular formula is C20H26N4O2. The molecule has 2 amide bonds. The Hall–Kier alpha value is -2.63. The number of piperidine rings is 1. The molecule has 0 spiro atoms. The van der Waals surface area contributed by atoms with E-state index in [1.807, 2.05) is 17.9 Å². The van der Waals surface area contributed by atoms with Gasteiger partial charge in [0.05, 0.1) is 6.54 Å². The van der Waals surface area contributed by atoms with Gasteiger partial charge in [0.1, 0.15) is 5.69 Å². The second-order valence-corrected chi connectivity index (χ2v) is 6.99. The van der Waals surface area contributed by atoms with E-state index in [4.69, 9.17) is 0 Å². The Bertz CT molecular complexity index is 742. The summed E-state index contributed by atoms with van der Waals surface area (Å²) in [6.07, 6.45) is 3.08. The summed E-state index contributed by atoms with van der Waals surface area (Å²) < 4.78 is 1.65. The molecule has 0 unspecified atom stereocenters. The monoisotopic (exact) mass is 354 g/mol. The van der Waals surface area contributed by atoms with Crippen molar-refractivity contribution >= 4 is 11.8 Å². The van der Waals surface area contributed by atoms with E-state index < -0.39 is 0 Å². The zero-order valence-corrected chi connectivity index (χ0v) is 15.4. The molecule has 1 N–H and O–H groups in total. The minimum Gasteiger partial charge on any atom is -0.342 e. The predicted molar refractivity (Wildman–Crippen MR) is 99.7 cm³/mol. The number of likely N-dealkylation sites (tertiary alicyclic amines) is 1. The van der Waals surface area contributed by atoms with Crippen molar-refractivity contribution in [2.24, 2.45) is 13.0 Å². The van der Waals surface area contributed by atoms with E-state index in [9.17, 15) is 9.59 Å². The fourth-order valence-corrected chi connectivity index (χ4v) is 3.36. The van der Waals surface area contributed by atoms with Gasteiger partial charge < -0.3 is 10.2 Å². The van der Waals surface area contributed by atoms with Gasteiger partial charge in [-0.3, -0.25) is 14.3 Å². The van der Waals surface area contributed by atoms with Crippen LogP contribution in [0.15, 0.2) is 36.4 Å². The van der Waals surface area contributed by atoms with Crippen LogP contribution in [0.1, 0.15) is 34.6 Å². The summed E-state index contributed by atoms with van der Waals surface area (Å²) in [5.41, 5.74) is 2.61. The lowest BCUT2D eigenvalue weighted by Gasteiger charge is -2.32. The first-order valence-corrected chi connectivity index (χ1v) is 9.13. The van der Waals surface area contributed by atoms with Crippen molar-refractivity contribution in [2.75, 3.05) is 19.6 Å². The second kappa shape index (κ2) is 8.17. The van der Waals surface area contributed by atoms with Crippen LogP contribution in [-0.4, -0.2) is 46.1 Å². The Kier molecular flexibility index (Phi) is 5.71. The minimum atomic E-state index is -0.305. The van der Waals surface area contributed by atoms with Crippen molar-refractivity contribution in [3.8, 4) is 0 Å². The Balaban J connectivity index is 1.43. The average Bonchev–Trinajstić information content (AvgIpc) is 3.00. The van der Waals surface area contributed by atoms with Crippen LogP contribution in [0.5, 0.6) is 0 Å². The van der Waals surface area contributed by atoms with Crippen LogP contribution in [0.4, 0.5) is 0 Å². The van der Waals surface area contributed by atoms with E-state index in [2.05, 4.69) is 34.7 Å². The lowest BCUT2D eigenvalue weighted by Crippen LogP contribution is -2.44. The molecule has 1 aromatic heterocycles. The first-order chi connectivity index (χ1) is 12.5. The van der Waals surface area contributed by atoms with Crippen LogP contribution in [0.3, 0.4) is 0 Å². The van der Waals surface area contributed by atoms with Crippen LogP contribution < -0.4 is 5.32 Å². The van der Waals surface area contributed by atoms with Gasteiger partial charge in [0.2, 0.25) is 5.91 Å². The molecule has 3 rings (SSSR count). The Morgan fingerprint density at radius 1 is 1.19 bits per heavy atom. The van der Waals surface area contributed by atoms with Crippen molar-refractivity contribution < 1.29 is 9.59 Å². The van der Waals surface area contributed by atoms with E-state index >= 15 is 0 Å². The van der Waals surface area contributed by atoms with Gasteiger partial charge in [-0.25, -0.2) is 0 Å². The summed E-state index contributed by atoms with van der Waals surface area (Å²) in [6, 6.07) is 12.2. The molecule has 1 saturated heterocycles. The van der Waals surface area contributed by atoms with Crippen molar-refractivity contribution in [1.29, 1.82) is 0 Å². The fraction of sp³-hybridized carbons (Fsp3) is 0.450. The smallest absolute Gasteiger partial charge is 0.272 e. The Morgan fingerprint density at radius 2 is 1.88 bits per heavy atom. The fourth-order valence-electron chi connectivity index (χ4n) is 3.36. The third kappa shape index (κ3) is 4.50. The van der Waals surface area contributed by atoms with Crippen molar-refractivity contribution in [1.82, 2.24) is 20.0 Å². The summed E-state index contributed by atoms with van der Waals surface area (Å²) in [5, 5.41) is 6.81. The summed E-state index contributed by atoms with van der Waals surface area (Å²) in [7, 11) is 1.79. The van der Waals surface area contributed by atoms with E-state index in [1.165, 1.54) is 5.56 Å². The highest BCUT2D eigenvalue weighted by atomic mass is 16.2. The number of aromatic nitrogens is 2. The lowest BCUT2D eigenvalue weighted by molar-refractivity contribution is -0.131.